The van der Waals surface area contributed by atoms with Crippen LogP contribution in [0.4, 0.5) is 0 Å². The molecule has 0 fully saturated rings. The van der Waals surface area contributed by atoms with Crippen LogP contribution in [0.1, 0.15) is 11.1 Å². The van der Waals surface area contributed by atoms with E-state index >= 15 is 0 Å². The summed E-state index contributed by atoms with van der Waals surface area (Å²) in [4.78, 5) is 0. The molecule has 4 rings (SSSR count). The molecular weight excluding hydrogens is 288 g/mol. The van der Waals surface area contributed by atoms with Gasteiger partial charge in [0, 0.05) is 0 Å². The van der Waals surface area contributed by atoms with E-state index in [4.69, 9.17) is 0 Å². The van der Waals surface area contributed by atoms with Gasteiger partial charge in [-0.05, 0) is 35.7 Å². The van der Waals surface area contributed by atoms with Gasteiger partial charge in [0.1, 0.15) is 0 Å². The molecule has 0 aromatic heterocycles. The van der Waals surface area contributed by atoms with Crippen molar-refractivity contribution in [2.75, 3.05) is 0 Å². The minimum atomic E-state index is 1.28. The highest BCUT2D eigenvalue weighted by molar-refractivity contribution is 5.82. The summed E-state index contributed by atoms with van der Waals surface area (Å²) in [6.45, 7) is 4.24. The summed E-state index contributed by atoms with van der Waals surface area (Å²) >= 11 is 0. The van der Waals surface area contributed by atoms with Crippen LogP contribution in [0.25, 0.3) is 21.9 Å². The standard InChI is InChI=1S/C13H12.C11H10/c1-11-6-5-9-13(10-11)12-7-3-2-4-8-12;1-9-6-7-10-4-2-3-5-11(10)8-9/h2-10H,1H3;2-8H,1H3. The molecule has 0 aliphatic heterocycles. The van der Waals surface area contributed by atoms with Gasteiger partial charge in [0.2, 0.25) is 0 Å². The SMILES string of the molecule is Cc1ccc2ccccc2c1.Cc1cccc(-c2ccccc2)c1. The molecular formula is C24H22. The van der Waals surface area contributed by atoms with Crippen LogP contribution in [0.2, 0.25) is 0 Å². The molecule has 118 valence electrons. The molecule has 0 spiro atoms. The van der Waals surface area contributed by atoms with Crippen LogP contribution in [-0.2, 0) is 0 Å². The lowest BCUT2D eigenvalue weighted by atomic mass is 10.0. The van der Waals surface area contributed by atoms with E-state index in [0.29, 0.717) is 0 Å². The zero-order valence-electron chi connectivity index (χ0n) is 14.2. The summed E-state index contributed by atoms with van der Waals surface area (Å²) < 4.78 is 0. The molecule has 0 saturated heterocycles. The fourth-order valence-corrected chi connectivity index (χ4v) is 2.76. The zero-order chi connectivity index (χ0) is 16.8. The molecule has 0 atom stereocenters. The molecule has 0 saturated carbocycles. The van der Waals surface area contributed by atoms with Gasteiger partial charge in [-0.1, -0.05) is 108 Å². The second-order valence-corrected chi connectivity index (χ2v) is 6.09. The van der Waals surface area contributed by atoms with Crippen LogP contribution >= 0.6 is 0 Å². The predicted octanol–water partition coefficient (Wildman–Crippen LogP) is 6.81. The summed E-state index contributed by atoms with van der Waals surface area (Å²) in [6.07, 6.45) is 0. The molecule has 0 heteroatoms. The lowest BCUT2D eigenvalue weighted by Crippen LogP contribution is -1.77. The van der Waals surface area contributed by atoms with E-state index in [9.17, 15) is 0 Å². The van der Waals surface area contributed by atoms with Crippen LogP contribution in [0.15, 0.2) is 97.1 Å². The van der Waals surface area contributed by atoms with Gasteiger partial charge in [-0.3, -0.25) is 0 Å². The predicted molar refractivity (Wildman–Crippen MR) is 105 cm³/mol. The summed E-state index contributed by atoms with van der Waals surface area (Å²) in [6, 6.07) is 33.9. The van der Waals surface area contributed by atoms with Crippen molar-refractivity contribution in [2.45, 2.75) is 13.8 Å². The summed E-state index contributed by atoms with van der Waals surface area (Å²) in [5.41, 5.74) is 5.21. The highest BCUT2D eigenvalue weighted by atomic mass is 14.0. The van der Waals surface area contributed by atoms with Gasteiger partial charge in [0.05, 0.1) is 0 Å². The maximum atomic E-state index is 2.20. The molecule has 0 unspecified atom stereocenters. The average molecular weight is 310 g/mol. The first-order valence-electron chi connectivity index (χ1n) is 8.30. The summed E-state index contributed by atoms with van der Waals surface area (Å²) in [5, 5.41) is 2.64. The third kappa shape index (κ3) is 4.11. The Morgan fingerprint density at radius 2 is 1.04 bits per heavy atom. The number of hydrogen-bond acceptors (Lipinski definition) is 0. The fourth-order valence-electron chi connectivity index (χ4n) is 2.76. The molecule has 24 heavy (non-hydrogen) atoms. The van der Waals surface area contributed by atoms with Crippen molar-refractivity contribution < 1.29 is 0 Å². The highest BCUT2D eigenvalue weighted by Gasteiger charge is 1.94. The first kappa shape index (κ1) is 16.0. The smallest absolute Gasteiger partial charge is 0.0181 e. The van der Waals surface area contributed by atoms with Crippen LogP contribution in [0.3, 0.4) is 0 Å². The Kier molecular flexibility index (Phi) is 5.08. The third-order valence-corrected chi connectivity index (χ3v) is 4.03. The second-order valence-electron chi connectivity index (χ2n) is 6.09. The maximum absolute atomic E-state index is 2.20. The quantitative estimate of drug-likeness (QED) is 0.362. The van der Waals surface area contributed by atoms with Gasteiger partial charge in [0.15, 0.2) is 0 Å². The number of aryl methyl sites for hydroxylation is 2. The monoisotopic (exact) mass is 310 g/mol. The van der Waals surface area contributed by atoms with E-state index < -0.39 is 0 Å². The molecule has 0 amide bonds. The van der Waals surface area contributed by atoms with Crippen molar-refractivity contribution >= 4 is 10.8 Å². The summed E-state index contributed by atoms with van der Waals surface area (Å²) in [7, 11) is 0. The Bertz CT molecular complexity index is 920. The van der Waals surface area contributed by atoms with Crippen molar-refractivity contribution in [3.05, 3.63) is 108 Å². The van der Waals surface area contributed by atoms with E-state index in [1.807, 2.05) is 6.07 Å². The van der Waals surface area contributed by atoms with Crippen molar-refractivity contribution in [3.63, 3.8) is 0 Å². The van der Waals surface area contributed by atoms with E-state index in [1.165, 1.54) is 33.0 Å². The third-order valence-electron chi connectivity index (χ3n) is 4.03. The molecule has 0 aliphatic carbocycles. The Hall–Kier alpha value is -2.86. The van der Waals surface area contributed by atoms with Crippen LogP contribution in [0, 0.1) is 13.8 Å². The van der Waals surface area contributed by atoms with Gasteiger partial charge < -0.3 is 0 Å². The first-order chi connectivity index (χ1) is 11.7. The average Bonchev–Trinajstić information content (AvgIpc) is 2.63. The molecule has 0 radical (unpaired) electrons. The number of benzene rings is 4. The molecule has 0 heterocycles. The van der Waals surface area contributed by atoms with Crippen molar-refractivity contribution in [3.8, 4) is 11.1 Å². The maximum Gasteiger partial charge on any atom is -0.0181 e. The number of rotatable bonds is 1. The number of hydrogen-bond donors (Lipinski definition) is 0. The van der Waals surface area contributed by atoms with E-state index in [0.717, 1.165) is 0 Å². The number of fused-ring (bicyclic) bond motifs is 1. The van der Waals surface area contributed by atoms with E-state index in [2.05, 4.69) is 105 Å². The highest BCUT2D eigenvalue weighted by Crippen LogP contribution is 2.19. The lowest BCUT2D eigenvalue weighted by molar-refractivity contribution is 1.47. The van der Waals surface area contributed by atoms with Gasteiger partial charge in [-0.15, -0.1) is 0 Å². The normalized spacial score (nSPS) is 10.1. The van der Waals surface area contributed by atoms with Crippen LogP contribution in [0.5, 0.6) is 0 Å². The molecule has 0 N–H and O–H groups in total. The molecule has 4 aromatic rings. The second kappa shape index (κ2) is 7.61. The van der Waals surface area contributed by atoms with E-state index in [-0.39, 0.29) is 0 Å². The van der Waals surface area contributed by atoms with Gasteiger partial charge in [-0.25, -0.2) is 0 Å². The Morgan fingerprint density at radius 3 is 1.79 bits per heavy atom. The molecule has 4 aromatic carbocycles. The van der Waals surface area contributed by atoms with Crippen LogP contribution in [-0.4, -0.2) is 0 Å². The lowest BCUT2D eigenvalue weighted by Gasteiger charge is -2.01. The molecule has 0 nitrogen and oxygen atoms in total. The van der Waals surface area contributed by atoms with Crippen LogP contribution < -0.4 is 0 Å². The minimum Gasteiger partial charge on any atom is -0.0622 e. The Balaban J connectivity index is 0.000000143. The minimum absolute atomic E-state index is 1.28. The first-order valence-corrected chi connectivity index (χ1v) is 8.30. The van der Waals surface area contributed by atoms with Crippen molar-refractivity contribution in [2.24, 2.45) is 0 Å². The Morgan fingerprint density at radius 1 is 0.417 bits per heavy atom. The zero-order valence-corrected chi connectivity index (χ0v) is 14.2. The van der Waals surface area contributed by atoms with Gasteiger partial charge in [0.25, 0.3) is 0 Å². The molecule has 0 aliphatic rings. The largest absolute Gasteiger partial charge is 0.0622 e. The Labute approximate surface area is 144 Å². The molecule has 0 bridgehead atoms. The topological polar surface area (TPSA) is 0 Å². The van der Waals surface area contributed by atoms with Gasteiger partial charge >= 0.3 is 0 Å². The van der Waals surface area contributed by atoms with Crippen molar-refractivity contribution in [1.29, 1.82) is 0 Å². The van der Waals surface area contributed by atoms with Gasteiger partial charge in [-0.2, -0.15) is 0 Å². The fraction of sp³-hybridized carbons (Fsp3) is 0.0833. The van der Waals surface area contributed by atoms with E-state index in [1.54, 1.807) is 0 Å². The summed E-state index contributed by atoms with van der Waals surface area (Å²) in [5.74, 6) is 0. The van der Waals surface area contributed by atoms with Crippen molar-refractivity contribution in [1.82, 2.24) is 0 Å².